The molecule has 138 valence electrons. The number of H-pyrrole nitrogens is 1. The lowest BCUT2D eigenvalue weighted by molar-refractivity contribution is 0.0950. The summed E-state index contributed by atoms with van der Waals surface area (Å²) in [4.78, 5) is 16.0. The number of carbonyl (C=O) groups excluding carboxylic acids is 1. The third-order valence-electron chi connectivity index (χ3n) is 4.22. The first kappa shape index (κ1) is 17.5. The predicted molar refractivity (Wildman–Crippen MR) is 100 cm³/mol. The third-order valence-corrected chi connectivity index (χ3v) is 4.22. The third kappa shape index (κ3) is 3.75. The molecule has 28 heavy (non-hydrogen) atoms. The van der Waals surface area contributed by atoms with Gasteiger partial charge in [0.25, 0.3) is 5.91 Å². The number of pyridine rings is 1. The monoisotopic (exact) mass is 374 g/mol. The van der Waals surface area contributed by atoms with Crippen LogP contribution in [0.2, 0.25) is 0 Å². The number of nitrogens with zero attached hydrogens (tertiary/aromatic N) is 4. The van der Waals surface area contributed by atoms with Crippen LogP contribution in [0.1, 0.15) is 15.9 Å². The van der Waals surface area contributed by atoms with Crippen LogP contribution in [0.3, 0.4) is 0 Å². The molecule has 0 aliphatic rings. The lowest BCUT2D eigenvalue weighted by atomic mass is 10.0. The van der Waals surface area contributed by atoms with Gasteiger partial charge in [-0.05, 0) is 40.6 Å². The quantitative estimate of drug-likeness (QED) is 0.560. The number of aromatic amines is 1. The van der Waals surface area contributed by atoms with E-state index in [2.05, 4.69) is 30.9 Å². The van der Waals surface area contributed by atoms with Crippen LogP contribution < -0.4 is 5.32 Å². The van der Waals surface area contributed by atoms with E-state index in [1.807, 2.05) is 30.3 Å². The van der Waals surface area contributed by atoms with Gasteiger partial charge in [0.2, 0.25) is 5.82 Å². The van der Waals surface area contributed by atoms with Gasteiger partial charge in [-0.2, -0.15) is 5.21 Å². The topological polar surface area (TPSA) is 96.5 Å². The van der Waals surface area contributed by atoms with Crippen LogP contribution in [0.15, 0.2) is 67.0 Å². The maximum atomic E-state index is 14.6. The second-order valence-electron chi connectivity index (χ2n) is 6.05. The molecule has 0 unspecified atom stereocenters. The van der Waals surface area contributed by atoms with E-state index < -0.39 is 5.82 Å². The van der Waals surface area contributed by atoms with Crippen molar-refractivity contribution >= 4 is 5.91 Å². The molecule has 0 fully saturated rings. The molecule has 8 heteroatoms. The van der Waals surface area contributed by atoms with Crippen LogP contribution in [-0.4, -0.2) is 31.5 Å². The van der Waals surface area contributed by atoms with E-state index in [1.54, 1.807) is 24.4 Å². The fraction of sp³-hybridized carbons (Fsp3) is 0.0500. The molecule has 4 rings (SSSR count). The zero-order valence-corrected chi connectivity index (χ0v) is 14.6. The summed E-state index contributed by atoms with van der Waals surface area (Å²) in [6.07, 6.45) is 3.05. The second kappa shape index (κ2) is 7.75. The lowest BCUT2D eigenvalue weighted by Gasteiger charge is -2.09. The maximum Gasteiger partial charge on any atom is 0.253 e. The van der Waals surface area contributed by atoms with E-state index in [0.29, 0.717) is 22.5 Å². The van der Waals surface area contributed by atoms with Gasteiger partial charge in [0.15, 0.2) is 0 Å². The number of aromatic nitrogens is 5. The Kier molecular flexibility index (Phi) is 4.83. The molecule has 0 atom stereocenters. The summed E-state index contributed by atoms with van der Waals surface area (Å²) in [5, 5.41) is 16.6. The van der Waals surface area contributed by atoms with Gasteiger partial charge in [0.1, 0.15) is 5.82 Å². The Hall–Kier alpha value is -3.94. The fourth-order valence-corrected chi connectivity index (χ4v) is 2.77. The summed E-state index contributed by atoms with van der Waals surface area (Å²) in [5.41, 5.74) is 3.14. The molecule has 2 N–H and O–H groups in total. The van der Waals surface area contributed by atoms with E-state index >= 15 is 0 Å². The highest BCUT2D eigenvalue weighted by Gasteiger charge is 2.10. The SMILES string of the molecule is O=C(NCc1ccc(-c2cccc(-c3nn[nH]n3)c2)cc1F)c1cccnc1. The number of rotatable bonds is 5. The molecule has 4 aromatic rings. The minimum absolute atomic E-state index is 0.0861. The van der Waals surface area contributed by atoms with Crippen molar-refractivity contribution in [2.24, 2.45) is 0 Å². The molecule has 2 aromatic carbocycles. The minimum atomic E-state index is -0.394. The van der Waals surface area contributed by atoms with Crippen molar-refractivity contribution in [1.29, 1.82) is 0 Å². The first-order valence-corrected chi connectivity index (χ1v) is 8.51. The summed E-state index contributed by atoms with van der Waals surface area (Å²) >= 11 is 0. The van der Waals surface area contributed by atoms with Crippen LogP contribution in [-0.2, 0) is 6.54 Å². The molecule has 0 radical (unpaired) electrons. The number of amides is 1. The molecule has 7 nitrogen and oxygen atoms in total. The molecule has 0 spiro atoms. The molecular formula is C20H15FN6O. The number of benzene rings is 2. The van der Waals surface area contributed by atoms with E-state index in [9.17, 15) is 9.18 Å². The Labute approximate surface area is 159 Å². The van der Waals surface area contributed by atoms with Crippen LogP contribution in [0.25, 0.3) is 22.5 Å². The molecule has 0 aliphatic carbocycles. The first-order chi connectivity index (χ1) is 13.7. The highest BCUT2D eigenvalue weighted by atomic mass is 19.1. The highest BCUT2D eigenvalue weighted by molar-refractivity contribution is 5.93. The van der Waals surface area contributed by atoms with Gasteiger partial charge in [0, 0.05) is 30.1 Å². The van der Waals surface area contributed by atoms with Gasteiger partial charge in [-0.1, -0.05) is 30.3 Å². The summed E-state index contributed by atoms with van der Waals surface area (Å²) in [5.74, 6) is -0.226. The Morgan fingerprint density at radius 3 is 2.64 bits per heavy atom. The van der Waals surface area contributed by atoms with Crippen LogP contribution >= 0.6 is 0 Å². The summed E-state index contributed by atoms with van der Waals surface area (Å²) in [6.45, 7) is 0.0861. The van der Waals surface area contributed by atoms with E-state index in [0.717, 1.165) is 11.1 Å². The smallest absolute Gasteiger partial charge is 0.253 e. The standard InChI is InChI=1S/C20H15FN6O/c21-18-10-14(13-3-1-4-15(9-13)19-24-26-27-25-19)6-7-16(18)12-23-20(28)17-5-2-8-22-11-17/h1-11H,12H2,(H,23,28)(H,24,25,26,27). The Morgan fingerprint density at radius 1 is 1.04 bits per heavy atom. The second-order valence-corrected chi connectivity index (χ2v) is 6.05. The molecule has 0 saturated heterocycles. The molecular weight excluding hydrogens is 359 g/mol. The molecule has 2 heterocycles. The van der Waals surface area contributed by atoms with Crippen molar-refractivity contribution in [3.63, 3.8) is 0 Å². The van der Waals surface area contributed by atoms with Crippen molar-refractivity contribution in [2.45, 2.75) is 6.54 Å². The highest BCUT2D eigenvalue weighted by Crippen LogP contribution is 2.25. The van der Waals surface area contributed by atoms with Crippen LogP contribution in [0, 0.1) is 5.82 Å². The summed E-state index contributed by atoms with van der Waals surface area (Å²) in [7, 11) is 0. The maximum absolute atomic E-state index is 14.6. The van der Waals surface area contributed by atoms with Gasteiger partial charge in [-0.15, -0.1) is 10.2 Å². The molecule has 2 aromatic heterocycles. The van der Waals surface area contributed by atoms with Crippen LogP contribution in [0.4, 0.5) is 4.39 Å². The average Bonchev–Trinajstić information content (AvgIpc) is 3.28. The number of nitrogens with one attached hydrogen (secondary N) is 2. The number of tetrazole rings is 1. The largest absolute Gasteiger partial charge is 0.348 e. The van der Waals surface area contributed by atoms with Gasteiger partial charge in [0.05, 0.1) is 5.56 Å². The van der Waals surface area contributed by atoms with Gasteiger partial charge in [-0.3, -0.25) is 9.78 Å². The zero-order chi connectivity index (χ0) is 19.3. The molecule has 0 aliphatic heterocycles. The van der Waals surface area contributed by atoms with Crippen molar-refractivity contribution in [1.82, 2.24) is 30.9 Å². The number of hydrogen-bond acceptors (Lipinski definition) is 5. The Bertz CT molecular complexity index is 1100. The van der Waals surface area contributed by atoms with E-state index in [4.69, 9.17) is 0 Å². The summed E-state index contributed by atoms with van der Waals surface area (Å²) in [6, 6.07) is 15.7. The Balaban J connectivity index is 1.50. The lowest BCUT2D eigenvalue weighted by Crippen LogP contribution is -2.23. The van der Waals surface area contributed by atoms with E-state index in [1.165, 1.54) is 12.3 Å². The summed E-state index contributed by atoms with van der Waals surface area (Å²) < 4.78 is 14.6. The van der Waals surface area contributed by atoms with Crippen molar-refractivity contribution < 1.29 is 9.18 Å². The van der Waals surface area contributed by atoms with Gasteiger partial charge < -0.3 is 5.32 Å². The number of carbonyl (C=O) groups is 1. The molecule has 0 bridgehead atoms. The molecule has 1 amide bonds. The minimum Gasteiger partial charge on any atom is -0.348 e. The predicted octanol–water partition coefficient (Wildman–Crippen LogP) is 3.00. The van der Waals surface area contributed by atoms with Crippen molar-refractivity contribution in [2.75, 3.05) is 0 Å². The first-order valence-electron chi connectivity index (χ1n) is 8.51. The fourth-order valence-electron chi connectivity index (χ4n) is 2.77. The van der Waals surface area contributed by atoms with Crippen molar-refractivity contribution in [3.8, 4) is 22.5 Å². The zero-order valence-electron chi connectivity index (χ0n) is 14.6. The van der Waals surface area contributed by atoms with Crippen LogP contribution in [0.5, 0.6) is 0 Å². The average molecular weight is 374 g/mol. The Morgan fingerprint density at radius 2 is 1.89 bits per heavy atom. The van der Waals surface area contributed by atoms with Gasteiger partial charge >= 0.3 is 0 Å². The number of hydrogen-bond donors (Lipinski definition) is 2. The van der Waals surface area contributed by atoms with Gasteiger partial charge in [-0.25, -0.2) is 4.39 Å². The normalized spacial score (nSPS) is 10.6. The molecule has 0 saturated carbocycles. The van der Waals surface area contributed by atoms with E-state index in [-0.39, 0.29) is 12.5 Å². The van der Waals surface area contributed by atoms with Crippen molar-refractivity contribution in [3.05, 3.63) is 83.9 Å². The number of halogens is 1.